The van der Waals surface area contributed by atoms with Crippen LogP contribution in [-0.2, 0) is 4.79 Å². The second-order valence-corrected chi connectivity index (χ2v) is 6.38. The number of carbonyl (C=O) groups is 1. The van der Waals surface area contributed by atoms with E-state index in [1.807, 2.05) is 43.3 Å². The average Bonchev–Trinajstić information content (AvgIpc) is 2.66. The first-order valence-electron chi connectivity index (χ1n) is 8.67. The molecule has 0 atom stereocenters. The van der Waals surface area contributed by atoms with Crippen LogP contribution in [0.4, 0.5) is 17.3 Å². The Kier molecular flexibility index (Phi) is 5.66. The number of carbonyl (C=O) groups excluding carboxylic acids is 1. The maximum absolute atomic E-state index is 12.0. The Morgan fingerprint density at radius 2 is 1.59 bits per heavy atom. The Bertz CT molecular complexity index is 922. The lowest BCUT2D eigenvalue weighted by atomic mass is 10.1. The van der Waals surface area contributed by atoms with Gasteiger partial charge in [-0.05, 0) is 68.3 Å². The van der Waals surface area contributed by atoms with E-state index < -0.39 is 0 Å². The number of nitrogens with one attached hydrogen (secondary N) is 2. The van der Waals surface area contributed by atoms with Gasteiger partial charge in [0, 0.05) is 5.69 Å². The highest BCUT2D eigenvalue weighted by molar-refractivity contribution is 5.90. The monoisotopic (exact) mass is 362 g/mol. The number of aryl methyl sites for hydroxylation is 3. The lowest BCUT2D eigenvalue weighted by Gasteiger charge is -2.09. The Morgan fingerprint density at radius 3 is 2.26 bits per heavy atom. The predicted molar refractivity (Wildman–Crippen MR) is 107 cm³/mol. The molecule has 1 heterocycles. The molecule has 2 N–H and O–H groups in total. The van der Waals surface area contributed by atoms with Crippen LogP contribution >= 0.6 is 0 Å². The first kappa shape index (κ1) is 18.4. The van der Waals surface area contributed by atoms with Crippen molar-refractivity contribution in [1.29, 1.82) is 0 Å². The lowest BCUT2D eigenvalue weighted by Crippen LogP contribution is -2.21. The van der Waals surface area contributed by atoms with Crippen LogP contribution in [0.2, 0.25) is 0 Å². The molecule has 0 aliphatic rings. The quantitative estimate of drug-likeness (QED) is 0.688. The predicted octanol–water partition coefficient (Wildman–Crippen LogP) is 4.16. The SMILES string of the molecule is Cc1ccc(OCC(=O)Nc2ccc(Nc3ccc(C)c(C)c3)nn2)cc1. The minimum Gasteiger partial charge on any atom is -0.484 e. The number of amides is 1. The minimum absolute atomic E-state index is 0.0899. The van der Waals surface area contributed by atoms with E-state index in [4.69, 9.17) is 4.74 Å². The zero-order valence-corrected chi connectivity index (χ0v) is 15.6. The van der Waals surface area contributed by atoms with Gasteiger partial charge in [0.25, 0.3) is 5.91 Å². The molecule has 0 bridgehead atoms. The molecule has 3 rings (SSSR count). The molecule has 1 amide bonds. The molecule has 0 radical (unpaired) electrons. The van der Waals surface area contributed by atoms with Crippen LogP contribution in [-0.4, -0.2) is 22.7 Å². The highest BCUT2D eigenvalue weighted by atomic mass is 16.5. The van der Waals surface area contributed by atoms with E-state index in [-0.39, 0.29) is 12.5 Å². The molecule has 0 aliphatic heterocycles. The van der Waals surface area contributed by atoms with Crippen molar-refractivity contribution in [2.75, 3.05) is 17.2 Å². The van der Waals surface area contributed by atoms with E-state index >= 15 is 0 Å². The third kappa shape index (κ3) is 5.28. The third-order valence-electron chi connectivity index (χ3n) is 4.10. The molecule has 138 valence electrons. The fourth-order valence-electron chi connectivity index (χ4n) is 2.39. The summed E-state index contributed by atoms with van der Waals surface area (Å²) in [7, 11) is 0. The molecule has 0 saturated carbocycles. The minimum atomic E-state index is -0.292. The molecule has 6 nitrogen and oxygen atoms in total. The Morgan fingerprint density at radius 1 is 0.889 bits per heavy atom. The van der Waals surface area contributed by atoms with Crippen LogP contribution < -0.4 is 15.4 Å². The van der Waals surface area contributed by atoms with E-state index in [9.17, 15) is 4.79 Å². The summed E-state index contributed by atoms with van der Waals surface area (Å²) in [6.07, 6.45) is 0. The normalized spacial score (nSPS) is 10.3. The number of ether oxygens (including phenoxy) is 1. The Hall–Kier alpha value is -3.41. The van der Waals surface area contributed by atoms with Gasteiger partial charge >= 0.3 is 0 Å². The van der Waals surface area contributed by atoms with Gasteiger partial charge in [-0.3, -0.25) is 4.79 Å². The summed E-state index contributed by atoms with van der Waals surface area (Å²) in [5.74, 6) is 1.33. The first-order chi connectivity index (χ1) is 13.0. The van der Waals surface area contributed by atoms with E-state index in [1.165, 1.54) is 11.1 Å². The summed E-state index contributed by atoms with van der Waals surface area (Å²) in [6, 6.07) is 17.1. The topological polar surface area (TPSA) is 76.1 Å². The Labute approximate surface area is 158 Å². The van der Waals surface area contributed by atoms with E-state index in [1.54, 1.807) is 12.1 Å². The first-order valence-corrected chi connectivity index (χ1v) is 8.67. The zero-order chi connectivity index (χ0) is 19.2. The van der Waals surface area contributed by atoms with Gasteiger partial charge in [0.15, 0.2) is 18.2 Å². The molecule has 0 aliphatic carbocycles. The van der Waals surface area contributed by atoms with Crippen LogP contribution in [0, 0.1) is 20.8 Å². The second-order valence-electron chi connectivity index (χ2n) is 6.38. The summed E-state index contributed by atoms with van der Waals surface area (Å²) in [5.41, 5.74) is 4.51. The van der Waals surface area contributed by atoms with Gasteiger partial charge in [0.1, 0.15) is 5.75 Å². The molecule has 0 saturated heterocycles. The number of hydrogen-bond acceptors (Lipinski definition) is 5. The van der Waals surface area contributed by atoms with Gasteiger partial charge in [-0.25, -0.2) is 0 Å². The van der Waals surface area contributed by atoms with E-state index in [0.717, 1.165) is 11.3 Å². The van der Waals surface area contributed by atoms with E-state index in [0.29, 0.717) is 17.4 Å². The molecule has 1 aromatic heterocycles. The van der Waals surface area contributed by atoms with Crippen molar-refractivity contribution in [3.8, 4) is 5.75 Å². The van der Waals surface area contributed by atoms with Gasteiger partial charge in [-0.2, -0.15) is 0 Å². The molecule has 2 aromatic carbocycles. The average molecular weight is 362 g/mol. The lowest BCUT2D eigenvalue weighted by molar-refractivity contribution is -0.118. The number of anilines is 3. The summed E-state index contributed by atoms with van der Waals surface area (Å²) in [5, 5.41) is 14.0. The van der Waals surface area contributed by atoms with Crippen LogP contribution in [0.5, 0.6) is 5.75 Å². The molecular weight excluding hydrogens is 340 g/mol. The van der Waals surface area contributed by atoms with Crippen LogP contribution in [0.15, 0.2) is 54.6 Å². The summed E-state index contributed by atoms with van der Waals surface area (Å²) >= 11 is 0. The van der Waals surface area contributed by atoms with Gasteiger partial charge in [0.2, 0.25) is 0 Å². The molecule has 0 unspecified atom stereocenters. The number of aromatic nitrogens is 2. The molecular formula is C21H22N4O2. The molecule has 0 fully saturated rings. The number of nitrogens with zero attached hydrogens (tertiary/aromatic N) is 2. The highest BCUT2D eigenvalue weighted by Gasteiger charge is 2.06. The molecule has 3 aromatic rings. The van der Waals surface area contributed by atoms with Crippen LogP contribution in [0.25, 0.3) is 0 Å². The molecule has 27 heavy (non-hydrogen) atoms. The third-order valence-corrected chi connectivity index (χ3v) is 4.10. The largest absolute Gasteiger partial charge is 0.484 e. The van der Waals surface area contributed by atoms with Gasteiger partial charge in [-0.15, -0.1) is 10.2 Å². The summed E-state index contributed by atoms with van der Waals surface area (Å²) in [4.78, 5) is 12.0. The van der Waals surface area contributed by atoms with Crippen molar-refractivity contribution in [3.05, 3.63) is 71.3 Å². The highest BCUT2D eigenvalue weighted by Crippen LogP contribution is 2.18. The van der Waals surface area contributed by atoms with Crippen molar-refractivity contribution in [2.45, 2.75) is 20.8 Å². The zero-order valence-electron chi connectivity index (χ0n) is 15.6. The Balaban J connectivity index is 1.52. The van der Waals surface area contributed by atoms with Gasteiger partial charge < -0.3 is 15.4 Å². The molecule has 6 heteroatoms. The van der Waals surface area contributed by atoms with Gasteiger partial charge in [0.05, 0.1) is 0 Å². The molecule has 0 spiro atoms. The van der Waals surface area contributed by atoms with Crippen LogP contribution in [0.1, 0.15) is 16.7 Å². The fourth-order valence-corrected chi connectivity index (χ4v) is 2.39. The second kappa shape index (κ2) is 8.31. The number of rotatable bonds is 6. The van der Waals surface area contributed by atoms with Crippen molar-refractivity contribution in [2.24, 2.45) is 0 Å². The van der Waals surface area contributed by atoms with Crippen LogP contribution in [0.3, 0.4) is 0 Å². The smallest absolute Gasteiger partial charge is 0.263 e. The van der Waals surface area contributed by atoms with Crippen molar-refractivity contribution >= 4 is 23.2 Å². The maximum Gasteiger partial charge on any atom is 0.263 e. The maximum atomic E-state index is 12.0. The standard InChI is InChI=1S/C21H22N4O2/c1-14-4-8-18(9-5-14)27-13-21(26)23-20-11-10-19(24-25-20)22-17-7-6-15(2)16(3)12-17/h4-12H,13H2,1-3H3,(H,22,24)(H,23,25,26). The van der Waals surface area contributed by atoms with Crippen molar-refractivity contribution < 1.29 is 9.53 Å². The van der Waals surface area contributed by atoms with Crippen molar-refractivity contribution in [3.63, 3.8) is 0 Å². The fraction of sp³-hybridized carbons (Fsp3) is 0.190. The van der Waals surface area contributed by atoms with Crippen molar-refractivity contribution in [1.82, 2.24) is 10.2 Å². The summed E-state index contributed by atoms with van der Waals surface area (Å²) in [6.45, 7) is 6.03. The number of benzene rings is 2. The van der Waals surface area contributed by atoms with E-state index in [2.05, 4.69) is 40.7 Å². The van der Waals surface area contributed by atoms with Gasteiger partial charge in [-0.1, -0.05) is 23.8 Å². The number of hydrogen-bond donors (Lipinski definition) is 2. The summed E-state index contributed by atoms with van der Waals surface area (Å²) < 4.78 is 5.45.